The number of halogens is 2. The second-order valence-corrected chi connectivity index (χ2v) is 5.78. The van der Waals surface area contributed by atoms with Crippen LogP contribution in [0.4, 0.5) is 5.69 Å². The molecule has 0 bridgehead atoms. The van der Waals surface area contributed by atoms with Crippen LogP contribution in [0.15, 0.2) is 36.0 Å². The highest BCUT2D eigenvalue weighted by Gasteiger charge is 2.15. The number of aromatic nitrogens is 1. The Morgan fingerprint density at radius 1 is 1.04 bits per heavy atom. The van der Waals surface area contributed by atoms with Gasteiger partial charge in [0.2, 0.25) is 0 Å². The van der Waals surface area contributed by atoms with Gasteiger partial charge >= 0.3 is 0 Å². The summed E-state index contributed by atoms with van der Waals surface area (Å²) in [5.74, 6) is -0.437. The van der Waals surface area contributed by atoms with Gasteiger partial charge in [0.05, 0.1) is 5.69 Å². The third kappa shape index (κ3) is 7.39. The van der Waals surface area contributed by atoms with Crippen LogP contribution in [0.3, 0.4) is 0 Å². The molecule has 3 N–H and O–H groups in total. The first-order valence-corrected chi connectivity index (χ1v) is 8.38. The van der Waals surface area contributed by atoms with Crippen LogP contribution in [-0.2, 0) is 0 Å². The molecule has 0 spiro atoms. The number of carbonyl (C=O) groups is 2. The molecular formula is C16H22Cl2N4O2S. The number of thiophene rings is 1. The molecule has 25 heavy (non-hydrogen) atoms. The van der Waals surface area contributed by atoms with Crippen molar-refractivity contribution in [1.82, 2.24) is 15.6 Å². The molecule has 0 fully saturated rings. The second kappa shape index (κ2) is 12.7. The van der Waals surface area contributed by atoms with Gasteiger partial charge in [-0.15, -0.1) is 36.2 Å². The number of carbonyl (C=O) groups excluding carboxylic acids is 2. The van der Waals surface area contributed by atoms with Crippen molar-refractivity contribution in [2.45, 2.75) is 13.3 Å². The molecule has 0 saturated carbocycles. The standard InChI is InChI=1S/C16H20N4O2S.2ClH/c1-2-6-17-9-10-19-16(22)14-13(5-11-23-14)20-15(21)12-3-7-18-8-4-12;;/h3-5,7-8,11,17H,2,6,9-10H2,1H3,(H,19,22)(H,20,21);2*1H. The topological polar surface area (TPSA) is 83.1 Å². The summed E-state index contributed by atoms with van der Waals surface area (Å²) in [7, 11) is 0. The fourth-order valence-corrected chi connectivity index (χ4v) is 2.69. The van der Waals surface area contributed by atoms with Crippen LogP contribution in [0, 0.1) is 0 Å². The molecule has 2 heterocycles. The fourth-order valence-electron chi connectivity index (χ4n) is 1.93. The van der Waals surface area contributed by atoms with E-state index in [1.807, 2.05) is 0 Å². The van der Waals surface area contributed by atoms with Crippen LogP contribution < -0.4 is 16.0 Å². The molecule has 0 saturated heterocycles. The van der Waals surface area contributed by atoms with Gasteiger partial charge in [0, 0.05) is 31.0 Å². The molecule has 2 amide bonds. The number of hydrogen-bond donors (Lipinski definition) is 3. The summed E-state index contributed by atoms with van der Waals surface area (Å²) >= 11 is 1.30. The van der Waals surface area contributed by atoms with Gasteiger partial charge in [0.25, 0.3) is 11.8 Å². The summed E-state index contributed by atoms with van der Waals surface area (Å²) in [4.78, 5) is 28.7. The maximum atomic E-state index is 12.2. The van der Waals surface area contributed by atoms with E-state index in [4.69, 9.17) is 0 Å². The monoisotopic (exact) mass is 404 g/mol. The highest BCUT2D eigenvalue weighted by molar-refractivity contribution is 7.12. The zero-order valence-electron chi connectivity index (χ0n) is 13.8. The van der Waals surface area contributed by atoms with Gasteiger partial charge in [-0.25, -0.2) is 0 Å². The minimum absolute atomic E-state index is 0. The lowest BCUT2D eigenvalue weighted by molar-refractivity contribution is 0.0959. The number of amides is 2. The van der Waals surface area contributed by atoms with Crippen LogP contribution in [0.1, 0.15) is 33.4 Å². The molecule has 9 heteroatoms. The van der Waals surface area contributed by atoms with Crippen LogP contribution in [-0.4, -0.2) is 36.4 Å². The van der Waals surface area contributed by atoms with E-state index in [9.17, 15) is 9.59 Å². The Bertz CT molecular complexity index is 653. The van der Waals surface area contributed by atoms with Crippen molar-refractivity contribution in [3.63, 3.8) is 0 Å². The SMILES string of the molecule is CCCNCCNC(=O)c1sccc1NC(=O)c1ccncc1.Cl.Cl. The Balaban J connectivity index is 0.00000288. The van der Waals surface area contributed by atoms with Crippen molar-refractivity contribution in [2.24, 2.45) is 0 Å². The maximum absolute atomic E-state index is 12.2. The number of nitrogens with one attached hydrogen (secondary N) is 3. The third-order valence-electron chi connectivity index (χ3n) is 3.08. The van der Waals surface area contributed by atoms with Crippen molar-refractivity contribution in [3.05, 3.63) is 46.4 Å². The fraction of sp³-hybridized carbons (Fsp3) is 0.312. The van der Waals surface area contributed by atoms with Crippen LogP contribution in [0.2, 0.25) is 0 Å². The average molecular weight is 405 g/mol. The summed E-state index contributed by atoms with van der Waals surface area (Å²) in [5, 5.41) is 10.6. The summed E-state index contributed by atoms with van der Waals surface area (Å²) in [6.45, 7) is 4.30. The average Bonchev–Trinajstić information content (AvgIpc) is 3.03. The summed E-state index contributed by atoms with van der Waals surface area (Å²) in [6, 6.07) is 4.98. The van der Waals surface area contributed by atoms with Gasteiger partial charge in [-0.2, -0.15) is 0 Å². The Labute approximate surface area is 163 Å². The van der Waals surface area contributed by atoms with Crippen molar-refractivity contribution in [1.29, 1.82) is 0 Å². The van der Waals surface area contributed by atoms with Crippen molar-refractivity contribution >= 4 is 53.7 Å². The number of rotatable bonds is 8. The normalized spacial score (nSPS) is 9.48. The van der Waals surface area contributed by atoms with Gasteiger partial charge in [-0.05, 0) is 36.5 Å². The molecule has 138 valence electrons. The molecule has 0 aliphatic rings. The lowest BCUT2D eigenvalue weighted by atomic mass is 10.2. The van der Waals surface area contributed by atoms with Crippen molar-refractivity contribution in [3.8, 4) is 0 Å². The van der Waals surface area contributed by atoms with Gasteiger partial charge < -0.3 is 16.0 Å². The predicted molar refractivity (Wildman–Crippen MR) is 106 cm³/mol. The Morgan fingerprint density at radius 2 is 1.76 bits per heavy atom. The molecule has 0 radical (unpaired) electrons. The molecule has 0 aromatic carbocycles. The van der Waals surface area contributed by atoms with E-state index < -0.39 is 0 Å². The summed E-state index contributed by atoms with van der Waals surface area (Å²) < 4.78 is 0. The van der Waals surface area contributed by atoms with Crippen molar-refractivity contribution in [2.75, 3.05) is 25.0 Å². The van der Waals surface area contributed by atoms with E-state index in [0.717, 1.165) is 19.5 Å². The summed E-state index contributed by atoms with van der Waals surface area (Å²) in [6.07, 6.45) is 4.17. The Morgan fingerprint density at radius 3 is 2.44 bits per heavy atom. The molecule has 6 nitrogen and oxygen atoms in total. The molecule has 0 aliphatic carbocycles. The van der Waals surface area contributed by atoms with E-state index in [-0.39, 0.29) is 36.6 Å². The van der Waals surface area contributed by atoms with Gasteiger partial charge in [-0.1, -0.05) is 6.92 Å². The zero-order valence-corrected chi connectivity index (χ0v) is 16.2. The van der Waals surface area contributed by atoms with Crippen LogP contribution >= 0.6 is 36.2 Å². The van der Waals surface area contributed by atoms with Gasteiger partial charge in [-0.3, -0.25) is 14.6 Å². The lowest BCUT2D eigenvalue weighted by Crippen LogP contribution is -2.32. The molecule has 0 unspecified atom stereocenters. The van der Waals surface area contributed by atoms with E-state index in [1.54, 1.807) is 36.0 Å². The number of hydrogen-bond acceptors (Lipinski definition) is 5. The highest BCUT2D eigenvalue weighted by Crippen LogP contribution is 2.22. The van der Waals surface area contributed by atoms with E-state index >= 15 is 0 Å². The van der Waals surface area contributed by atoms with Gasteiger partial charge in [0.15, 0.2) is 0 Å². The molecule has 0 atom stereocenters. The number of nitrogens with zero attached hydrogens (tertiary/aromatic N) is 1. The zero-order chi connectivity index (χ0) is 16.5. The number of pyridine rings is 1. The molecule has 2 rings (SSSR count). The first-order chi connectivity index (χ1) is 11.2. The van der Waals surface area contributed by atoms with Gasteiger partial charge in [0.1, 0.15) is 4.88 Å². The van der Waals surface area contributed by atoms with E-state index in [1.165, 1.54) is 11.3 Å². The first kappa shape index (κ1) is 23.3. The Kier molecular flexibility index (Phi) is 11.8. The molecule has 0 aliphatic heterocycles. The van der Waals surface area contributed by atoms with Crippen molar-refractivity contribution < 1.29 is 9.59 Å². The lowest BCUT2D eigenvalue weighted by Gasteiger charge is -2.08. The molecule has 2 aromatic heterocycles. The minimum Gasteiger partial charge on any atom is -0.350 e. The second-order valence-electron chi connectivity index (χ2n) is 4.86. The Hall–Kier alpha value is -1.67. The largest absolute Gasteiger partial charge is 0.350 e. The van der Waals surface area contributed by atoms with E-state index in [0.29, 0.717) is 22.7 Å². The minimum atomic E-state index is -0.260. The van der Waals surface area contributed by atoms with E-state index in [2.05, 4.69) is 27.9 Å². The highest BCUT2D eigenvalue weighted by atomic mass is 35.5. The van der Waals surface area contributed by atoms with Crippen LogP contribution in [0.25, 0.3) is 0 Å². The first-order valence-electron chi connectivity index (χ1n) is 7.50. The third-order valence-corrected chi connectivity index (χ3v) is 3.99. The number of anilines is 1. The quantitative estimate of drug-likeness (QED) is 0.590. The van der Waals surface area contributed by atoms with Crippen LogP contribution in [0.5, 0.6) is 0 Å². The molecule has 2 aromatic rings. The predicted octanol–water partition coefficient (Wildman–Crippen LogP) is 2.97. The summed E-state index contributed by atoms with van der Waals surface area (Å²) in [5.41, 5.74) is 1.03. The maximum Gasteiger partial charge on any atom is 0.263 e. The smallest absolute Gasteiger partial charge is 0.263 e. The molecular weight excluding hydrogens is 383 g/mol.